The molecule has 0 amide bonds. The molecule has 2 rings (SSSR count). The molecule has 0 saturated heterocycles. The van der Waals surface area contributed by atoms with Gasteiger partial charge in [-0.1, -0.05) is 18.2 Å². The minimum atomic E-state index is 0.431. The standard InChI is InChI=1S/C16H23NOS/c1-12-14-8-4-5-9-15(14)19-16(12)13(2)17-10-6-7-11-18-3/h4-5,8-9,13,17H,6-7,10-11H2,1-3H3. The number of thiophene rings is 1. The Bertz CT molecular complexity index is 520. The molecular weight excluding hydrogens is 254 g/mol. The summed E-state index contributed by atoms with van der Waals surface area (Å²) in [5.74, 6) is 0. The van der Waals surface area contributed by atoms with Gasteiger partial charge in [0.1, 0.15) is 0 Å². The molecule has 2 aromatic rings. The second-order valence-electron chi connectivity index (χ2n) is 4.96. The van der Waals surface area contributed by atoms with Crippen molar-refractivity contribution < 1.29 is 4.74 Å². The molecule has 1 aromatic carbocycles. The Hall–Kier alpha value is -0.900. The van der Waals surface area contributed by atoms with E-state index in [1.165, 1.54) is 26.9 Å². The summed E-state index contributed by atoms with van der Waals surface area (Å²) in [4.78, 5) is 1.47. The molecule has 2 nitrogen and oxygen atoms in total. The summed E-state index contributed by atoms with van der Waals surface area (Å²) < 4.78 is 6.46. The van der Waals surface area contributed by atoms with Crippen LogP contribution in [0.15, 0.2) is 24.3 Å². The first-order valence-electron chi connectivity index (χ1n) is 6.94. The summed E-state index contributed by atoms with van der Waals surface area (Å²) >= 11 is 1.91. The van der Waals surface area contributed by atoms with Gasteiger partial charge in [0.2, 0.25) is 0 Å². The van der Waals surface area contributed by atoms with Crippen LogP contribution in [0.4, 0.5) is 0 Å². The molecule has 0 saturated carbocycles. The first kappa shape index (κ1) is 14.5. The number of benzene rings is 1. The van der Waals surface area contributed by atoms with Crippen LogP contribution in [0.2, 0.25) is 0 Å². The summed E-state index contributed by atoms with van der Waals surface area (Å²) in [6.07, 6.45) is 2.30. The lowest BCUT2D eigenvalue weighted by Crippen LogP contribution is -2.19. The first-order chi connectivity index (χ1) is 9.24. The van der Waals surface area contributed by atoms with Crippen LogP contribution in [-0.4, -0.2) is 20.3 Å². The van der Waals surface area contributed by atoms with Crippen molar-refractivity contribution in [3.05, 3.63) is 34.7 Å². The number of aryl methyl sites for hydroxylation is 1. The van der Waals surface area contributed by atoms with Gasteiger partial charge in [-0.15, -0.1) is 11.3 Å². The fourth-order valence-corrected chi connectivity index (χ4v) is 3.63. The van der Waals surface area contributed by atoms with Crippen molar-refractivity contribution in [1.29, 1.82) is 0 Å². The van der Waals surface area contributed by atoms with Crippen molar-refractivity contribution >= 4 is 21.4 Å². The molecule has 0 aliphatic rings. The Morgan fingerprint density at radius 1 is 1.26 bits per heavy atom. The summed E-state index contributed by atoms with van der Waals surface area (Å²) in [6.45, 7) is 6.40. The minimum absolute atomic E-state index is 0.431. The highest BCUT2D eigenvalue weighted by Crippen LogP contribution is 2.34. The lowest BCUT2D eigenvalue weighted by atomic mass is 10.1. The SMILES string of the molecule is COCCCCNC(C)c1sc2ccccc2c1C. The van der Waals surface area contributed by atoms with Gasteiger partial charge in [0.05, 0.1) is 0 Å². The molecule has 1 atom stereocenters. The van der Waals surface area contributed by atoms with E-state index >= 15 is 0 Å². The highest BCUT2D eigenvalue weighted by Gasteiger charge is 2.13. The van der Waals surface area contributed by atoms with E-state index in [9.17, 15) is 0 Å². The Morgan fingerprint density at radius 2 is 2.05 bits per heavy atom. The molecule has 1 unspecified atom stereocenters. The molecule has 0 spiro atoms. The smallest absolute Gasteiger partial charge is 0.0462 e. The van der Waals surface area contributed by atoms with Crippen LogP contribution in [0.1, 0.15) is 36.2 Å². The van der Waals surface area contributed by atoms with E-state index in [0.29, 0.717) is 6.04 Å². The summed E-state index contributed by atoms with van der Waals surface area (Å²) in [6, 6.07) is 9.09. The number of rotatable bonds is 7. The zero-order valence-electron chi connectivity index (χ0n) is 12.0. The summed E-state index contributed by atoms with van der Waals surface area (Å²) in [5.41, 5.74) is 1.43. The van der Waals surface area contributed by atoms with Crippen molar-refractivity contribution in [2.75, 3.05) is 20.3 Å². The first-order valence-corrected chi connectivity index (χ1v) is 7.76. The normalized spacial score (nSPS) is 13.0. The second-order valence-corrected chi connectivity index (χ2v) is 6.05. The van der Waals surface area contributed by atoms with Crippen molar-refractivity contribution in [1.82, 2.24) is 5.32 Å². The Kier molecular flexibility index (Phi) is 5.37. The molecule has 104 valence electrons. The third kappa shape index (κ3) is 3.56. The highest BCUT2D eigenvalue weighted by molar-refractivity contribution is 7.19. The third-order valence-corrected chi connectivity index (χ3v) is 4.96. The Balaban J connectivity index is 1.97. The average Bonchev–Trinajstić information content (AvgIpc) is 2.76. The van der Waals surface area contributed by atoms with Gasteiger partial charge in [-0.25, -0.2) is 0 Å². The van der Waals surface area contributed by atoms with Gasteiger partial charge in [0.25, 0.3) is 0 Å². The maximum atomic E-state index is 5.07. The molecule has 3 heteroatoms. The molecule has 0 bridgehead atoms. The van der Waals surface area contributed by atoms with E-state index in [-0.39, 0.29) is 0 Å². The van der Waals surface area contributed by atoms with Crippen molar-refractivity contribution in [2.24, 2.45) is 0 Å². The largest absolute Gasteiger partial charge is 0.385 e. The van der Waals surface area contributed by atoms with E-state index in [1.807, 2.05) is 11.3 Å². The fraction of sp³-hybridized carbons (Fsp3) is 0.500. The Morgan fingerprint density at radius 3 is 2.79 bits per heavy atom. The van der Waals surface area contributed by atoms with Gasteiger partial charge >= 0.3 is 0 Å². The van der Waals surface area contributed by atoms with E-state index in [0.717, 1.165) is 19.6 Å². The van der Waals surface area contributed by atoms with Gasteiger partial charge < -0.3 is 10.1 Å². The highest BCUT2D eigenvalue weighted by atomic mass is 32.1. The number of hydrogen-bond donors (Lipinski definition) is 1. The lowest BCUT2D eigenvalue weighted by molar-refractivity contribution is 0.192. The van der Waals surface area contributed by atoms with Crippen LogP contribution in [0.3, 0.4) is 0 Å². The van der Waals surface area contributed by atoms with Gasteiger partial charge in [-0.3, -0.25) is 0 Å². The average molecular weight is 277 g/mol. The number of unbranched alkanes of at least 4 members (excludes halogenated alkanes) is 1. The molecule has 0 aliphatic heterocycles. The number of hydrogen-bond acceptors (Lipinski definition) is 3. The molecular formula is C16H23NOS. The number of ether oxygens (including phenoxy) is 1. The zero-order valence-corrected chi connectivity index (χ0v) is 12.8. The molecule has 0 radical (unpaired) electrons. The predicted molar refractivity (Wildman–Crippen MR) is 84.1 cm³/mol. The maximum absolute atomic E-state index is 5.07. The molecule has 19 heavy (non-hydrogen) atoms. The van der Waals surface area contributed by atoms with Crippen LogP contribution >= 0.6 is 11.3 Å². The van der Waals surface area contributed by atoms with Gasteiger partial charge in [0, 0.05) is 29.3 Å². The maximum Gasteiger partial charge on any atom is 0.0462 e. The molecule has 1 N–H and O–H groups in total. The van der Waals surface area contributed by atoms with Gasteiger partial charge in [-0.05, 0) is 50.2 Å². The molecule has 0 fully saturated rings. The predicted octanol–water partition coefficient (Wildman–Crippen LogP) is 4.29. The van der Waals surface area contributed by atoms with Crippen LogP contribution in [-0.2, 0) is 4.74 Å². The topological polar surface area (TPSA) is 21.3 Å². The zero-order chi connectivity index (χ0) is 13.7. The van der Waals surface area contributed by atoms with Gasteiger partial charge in [0.15, 0.2) is 0 Å². The van der Waals surface area contributed by atoms with Crippen LogP contribution in [0.25, 0.3) is 10.1 Å². The molecule has 1 heterocycles. The van der Waals surface area contributed by atoms with E-state index in [2.05, 4.69) is 43.4 Å². The number of fused-ring (bicyclic) bond motifs is 1. The van der Waals surface area contributed by atoms with Crippen molar-refractivity contribution in [2.45, 2.75) is 32.7 Å². The van der Waals surface area contributed by atoms with Crippen LogP contribution < -0.4 is 5.32 Å². The van der Waals surface area contributed by atoms with Crippen LogP contribution in [0.5, 0.6) is 0 Å². The van der Waals surface area contributed by atoms with E-state index in [1.54, 1.807) is 7.11 Å². The second kappa shape index (κ2) is 7.04. The van der Waals surface area contributed by atoms with E-state index in [4.69, 9.17) is 4.74 Å². The molecule has 0 aliphatic carbocycles. The third-order valence-electron chi connectivity index (χ3n) is 3.50. The number of methoxy groups -OCH3 is 1. The summed E-state index contributed by atoms with van der Waals surface area (Å²) in [7, 11) is 1.76. The summed E-state index contributed by atoms with van der Waals surface area (Å²) in [5, 5.41) is 5.01. The van der Waals surface area contributed by atoms with Gasteiger partial charge in [-0.2, -0.15) is 0 Å². The van der Waals surface area contributed by atoms with Crippen molar-refractivity contribution in [3.63, 3.8) is 0 Å². The lowest BCUT2D eigenvalue weighted by Gasteiger charge is -2.13. The van der Waals surface area contributed by atoms with E-state index < -0.39 is 0 Å². The quantitative estimate of drug-likeness (QED) is 0.762. The van der Waals surface area contributed by atoms with Crippen LogP contribution in [0, 0.1) is 6.92 Å². The Labute approximate surface area is 119 Å². The van der Waals surface area contributed by atoms with Crippen molar-refractivity contribution in [3.8, 4) is 0 Å². The minimum Gasteiger partial charge on any atom is -0.385 e. The monoisotopic (exact) mass is 277 g/mol. The molecule has 1 aromatic heterocycles. The number of nitrogens with one attached hydrogen (secondary N) is 1. The fourth-order valence-electron chi connectivity index (χ4n) is 2.39.